The van der Waals surface area contributed by atoms with E-state index in [0.717, 1.165) is 18.1 Å². The van der Waals surface area contributed by atoms with Gasteiger partial charge in [-0.15, -0.1) is 0 Å². The van der Waals surface area contributed by atoms with Gasteiger partial charge in [0, 0.05) is 11.8 Å². The Hall–Kier alpha value is -0.410. The summed E-state index contributed by atoms with van der Waals surface area (Å²) in [5.41, 5.74) is 0. The van der Waals surface area contributed by atoms with E-state index in [2.05, 4.69) is 18.5 Å². The minimum atomic E-state index is 0.546. The first kappa shape index (κ1) is 9.68. The van der Waals surface area contributed by atoms with E-state index < -0.39 is 0 Å². The number of thioether (sulfide) groups is 1. The summed E-state index contributed by atoms with van der Waals surface area (Å²) in [6.45, 7) is 3.01. The Bertz CT molecular complexity index is 198. The van der Waals surface area contributed by atoms with Crippen molar-refractivity contribution >= 4 is 11.8 Å². The standard InChI is InChI=1S/C9H15NOS/c1-8(7-12-2)10-6-9-4-3-5-11-9/h3-5,8,10H,6-7H2,1-2H3. The molecule has 1 heterocycles. The van der Waals surface area contributed by atoms with E-state index in [0.29, 0.717) is 6.04 Å². The summed E-state index contributed by atoms with van der Waals surface area (Å²) in [7, 11) is 0. The number of rotatable bonds is 5. The molecule has 12 heavy (non-hydrogen) atoms. The molecule has 0 aliphatic carbocycles. The maximum Gasteiger partial charge on any atom is 0.117 e. The van der Waals surface area contributed by atoms with Crippen LogP contribution >= 0.6 is 11.8 Å². The van der Waals surface area contributed by atoms with Crippen molar-refractivity contribution in [2.24, 2.45) is 0 Å². The quantitative estimate of drug-likeness (QED) is 0.760. The first-order chi connectivity index (χ1) is 5.83. The SMILES string of the molecule is CSCC(C)NCc1ccco1. The Kier molecular flexibility index (Phi) is 4.25. The monoisotopic (exact) mass is 185 g/mol. The lowest BCUT2D eigenvalue weighted by atomic mass is 10.3. The molecule has 0 aliphatic rings. The summed E-state index contributed by atoms with van der Waals surface area (Å²) in [5, 5.41) is 3.37. The van der Waals surface area contributed by atoms with Crippen molar-refractivity contribution in [2.75, 3.05) is 12.0 Å². The van der Waals surface area contributed by atoms with Crippen LogP contribution in [0.5, 0.6) is 0 Å². The Labute approximate surface area is 77.7 Å². The van der Waals surface area contributed by atoms with Crippen LogP contribution in [0.15, 0.2) is 22.8 Å². The molecule has 1 unspecified atom stereocenters. The van der Waals surface area contributed by atoms with Gasteiger partial charge >= 0.3 is 0 Å². The Balaban J connectivity index is 2.17. The Morgan fingerprint density at radius 2 is 2.50 bits per heavy atom. The highest BCUT2D eigenvalue weighted by Gasteiger charge is 2.00. The van der Waals surface area contributed by atoms with Gasteiger partial charge in [-0.25, -0.2) is 0 Å². The van der Waals surface area contributed by atoms with E-state index in [1.165, 1.54) is 0 Å². The predicted molar refractivity (Wildman–Crippen MR) is 53.4 cm³/mol. The fourth-order valence-corrected chi connectivity index (χ4v) is 1.61. The zero-order valence-corrected chi connectivity index (χ0v) is 8.36. The summed E-state index contributed by atoms with van der Waals surface area (Å²) in [5.74, 6) is 2.14. The van der Waals surface area contributed by atoms with Gasteiger partial charge in [0.1, 0.15) is 5.76 Å². The minimum Gasteiger partial charge on any atom is -0.468 e. The van der Waals surface area contributed by atoms with Gasteiger partial charge in [0.25, 0.3) is 0 Å². The van der Waals surface area contributed by atoms with Crippen LogP contribution in [-0.4, -0.2) is 18.1 Å². The smallest absolute Gasteiger partial charge is 0.117 e. The highest BCUT2D eigenvalue weighted by atomic mass is 32.2. The van der Waals surface area contributed by atoms with Gasteiger partial charge in [0.05, 0.1) is 12.8 Å². The van der Waals surface area contributed by atoms with Crippen molar-refractivity contribution in [2.45, 2.75) is 19.5 Å². The molecule has 0 saturated carbocycles. The van der Waals surface area contributed by atoms with Crippen molar-refractivity contribution < 1.29 is 4.42 Å². The van der Waals surface area contributed by atoms with Crippen molar-refractivity contribution in [3.8, 4) is 0 Å². The van der Waals surface area contributed by atoms with Crippen molar-refractivity contribution in [3.05, 3.63) is 24.2 Å². The van der Waals surface area contributed by atoms with Crippen LogP contribution in [0.1, 0.15) is 12.7 Å². The Morgan fingerprint density at radius 1 is 1.67 bits per heavy atom. The van der Waals surface area contributed by atoms with Gasteiger partial charge in [0.2, 0.25) is 0 Å². The van der Waals surface area contributed by atoms with Gasteiger partial charge < -0.3 is 9.73 Å². The normalized spacial score (nSPS) is 13.2. The van der Waals surface area contributed by atoms with E-state index in [1.54, 1.807) is 6.26 Å². The van der Waals surface area contributed by atoms with Crippen LogP contribution in [-0.2, 0) is 6.54 Å². The second-order valence-electron chi connectivity index (χ2n) is 2.82. The van der Waals surface area contributed by atoms with Crippen LogP contribution < -0.4 is 5.32 Å². The molecule has 3 heteroatoms. The van der Waals surface area contributed by atoms with Crippen LogP contribution in [0.3, 0.4) is 0 Å². The molecule has 0 spiro atoms. The highest BCUT2D eigenvalue weighted by Crippen LogP contribution is 2.01. The van der Waals surface area contributed by atoms with Gasteiger partial charge in [0.15, 0.2) is 0 Å². The van der Waals surface area contributed by atoms with Crippen molar-refractivity contribution in [1.82, 2.24) is 5.32 Å². The molecule has 0 aliphatic heterocycles. The molecule has 0 fully saturated rings. The lowest BCUT2D eigenvalue weighted by Gasteiger charge is -2.10. The van der Waals surface area contributed by atoms with Crippen molar-refractivity contribution in [3.63, 3.8) is 0 Å². The molecule has 1 rings (SSSR count). The molecule has 68 valence electrons. The molecule has 0 amide bonds. The lowest BCUT2D eigenvalue weighted by molar-refractivity contribution is 0.467. The molecule has 0 bridgehead atoms. The average molecular weight is 185 g/mol. The largest absolute Gasteiger partial charge is 0.468 e. The molecule has 1 N–H and O–H groups in total. The molecule has 2 nitrogen and oxygen atoms in total. The summed E-state index contributed by atoms with van der Waals surface area (Å²) in [6.07, 6.45) is 3.82. The number of hydrogen-bond acceptors (Lipinski definition) is 3. The zero-order chi connectivity index (χ0) is 8.81. The first-order valence-electron chi connectivity index (χ1n) is 4.07. The Morgan fingerprint density at radius 3 is 3.08 bits per heavy atom. The molecular weight excluding hydrogens is 170 g/mol. The molecule has 1 aromatic rings. The molecule has 1 atom stereocenters. The van der Waals surface area contributed by atoms with Gasteiger partial charge in [-0.1, -0.05) is 0 Å². The van der Waals surface area contributed by atoms with Crippen LogP contribution in [0.2, 0.25) is 0 Å². The van der Waals surface area contributed by atoms with Crippen LogP contribution in [0, 0.1) is 0 Å². The second-order valence-corrected chi connectivity index (χ2v) is 3.73. The van der Waals surface area contributed by atoms with E-state index >= 15 is 0 Å². The summed E-state index contributed by atoms with van der Waals surface area (Å²) >= 11 is 1.85. The van der Waals surface area contributed by atoms with Gasteiger partial charge in [-0.2, -0.15) is 11.8 Å². The minimum absolute atomic E-state index is 0.546. The third-order valence-electron chi connectivity index (χ3n) is 1.62. The highest BCUT2D eigenvalue weighted by molar-refractivity contribution is 7.98. The third-order valence-corrected chi connectivity index (χ3v) is 2.45. The molecule has 0 radical (unpaired) electrons. The second kappa shape index (κ2) is 5.27. The van der Waals surface area contributed by atoms with E-state index in [-0.39, 0.29) is 0 Å². The number of nitrogens with one attached hydrogen (secondary N) is 1. The summed E-state index contributed by atoms with van der Waals surface area (Å²) in [4.78, 5) is 0. The van der Waals surface area contributed by atoms with E-state index in [9.17, 15) is 0 Å². The first-order valence-corrected chi connectivity index (χ1v) is 5.47. The molecule has 1 aromatic heterocycles. The predicted octanol–water partition coefficient (Wildman–Crippen LogP) is 2.12. The number of furan rings is 1. The lowest BCUT2D eigenvalue weighted by Crippen LogP contribution is -2.27. The molecule has 0 aromatic carbocycles. The topological polar surface area (TPSA) is 25.2 Å². The van der Waals surface area contributed by atoms with Crippen molar-refractivity contribution in [1.29, 1.82) is 0 Å². The maximum absolute atomic E-state index is 5.19. The zero-order valence-electron chi connectivity index (χ0n) is 7.54. The third kappa shape index (κ3) is 3.32. The van der Waals surface area contributed by atoms with E-state index in [4.69, 9.17) is 4.42 Å². The maximum atomic E-state index is 5.19. The van der Waals surface area contributed by atoms with Crippen LogP contribution in [0.4, 0.5) is 0 Å². The summed E-state index contributed by atoms with van der Waals surface area (Å²) < 4.78 is 5.19. The molecular formula is C9H15NOS. The fourth-order valence-electron chi connectivity index (χ4n) is 0.997. The molecule has 0 saturated heterocycles. The van der Waals surface area contributed by atoms with Gasteiger partial charge in [-0.3, -0.25) is 0 Å². The average Bonchev–Trinajstić information content (AvgIpc) is 2.53. The van der Waals surface area contributed by atoms with E-state index in [1.807, 2.05) is 23.9 Å². The summed E-state index contributed by atoms with van der Waals surface area (Å²) in [6, 6.07) is 4.44. The van der Waals surface area contributed by atoms with Gasteiger partial charge in [-0.05, 0) is 25.3 Å². The van der Waals surface area contributed by atoms with Crippen LogP contribution in [0.25, 0.3) is 0 Å². The fraction of sp³-hybridized carbons (Fsp3) is 0.556. The number of hydrogen-bond donors (Lipinski definition) is 1.